The van der Waals surface area contributed by atoms with Crippen molar-refractivity contribution in [1.29, 1.82) is 0 Å². The number of hydrogen-bond acceptors (Lipinski definition) is 6. The monoisotopic (exact) mass is 539 g/mol. The smallest absolute Gasteiger partial charge is 0.338 e. The fourth-order valence-corrected chi connectivity index (χ4v) is 5.46. The van der Waals surface area contributed by atoms with Crippen molar-refractivity contribution in [3.63, 3.8) is 0 Å². The van der Waals surface area contributed by atoms with E-state index >= 15 is 0 Å². The van der Waals surface area contributed by atoms with E-state index in [1.54, 1.807) is 36.4 Å². The summed E-state index contributed by atoms with van der Waals surface area (Å²) in [5.41, 5.74) is 2.87. The molecule has 0 aromatic heterocycles. The van der Waals surface area contributed by atoms with E-state index in [1.165, 1.54) is 29.5 Å². The van der Waals surface area contributed by atoms with Crippen LogP contribution in [0.4, 0.5) is 17.1 Å². The van der Waals surface area contributed by atoms with Crippen LogP contribution >= 0.6 is 0 Å². The molecule has 40 heavy (non-hydrogen) atoms. The van der Waals surface area contributed by atoms with E-state index < -0.39 is 18.5 Å². The highest BCUT2D eigenvalue weighted by Crippen LogP contribution is 2.45. The highest BCUT2D eigenvalue weighted by atomic mass is 16.5. The zero-order valence-electron chi connectivity index (χ0n) is 22.0. The number of nitrogens with one attached hydrogen (secondary N) is 2. The first-order valence-corrected chi connectivity index (χ1v) is 13.2. The molecule has 3 aromatic rings. The van der Waals surface area contributed by atoms with Crippen molar-refractivity contribution in [1.82, 2.24) is 0 Å². The summed E-state index contributed by atoms with van der Waals surface area (Å²) in [5.74, 6) is -2.26. The van der Waals surface area contributed by atoms with Gasteiger partial charge in [0, 0.05) is 18.3 Å². The quantitative estimate of drug-likeness (QED) is 0.337. The molecule has 3 aromatic carbocycles. The van der Waals surface area contributed by atoms with Gasteiger partial charge < -0.3 is 15.4 Å². The van der Waals surface area contributed by atoms with Gasteiger partial charge in [0.25, 0.3) is 5.91 Å². The summed E-state index contributed by atoms with van der Waals surface area (Å²) >= 11 is 0. The summed E-state index contributed by atoms with van der Waals surface area (Å²) in [6, 6.07) is 22.6. The highest BCUT2D eigenvalue weighted by molar-refractivity contribution is 6.22. The molecule has 1 heterocycles. The van der Waals surface area contributed by atoms with Crippen LogP contribution in [0.2, 0.25) is 0 Å². The SMILES string of the molecule is CC(=O)Nc1ccc(NC(=O)COC(=O)c2ccc(N3C(=O)[C@H]4C[C@H](c5ccccc5)CC[C@H]4C3=O)cc2)cc1. The first-order valence-electron chi connectivity index (χ1n) is 13.2. The summed E-state index contributed by atoms with van der Waals surface area (Å²) in [6.07, 6.45) is 2.16. The maximum atomic E-state index is 13.3. The van der Waals surface area contributed by atoms with Crippen LogP contribution < -0.4 is 15.5 Å². The van der Waals surface area contributed by atoms with E-state index in [9.17, 15) is 24.0 Å². The molecule has 5 rings (SSSR count). The number of anilines is 3. The van der Waals surface area contributed by atoms with Gasteiger partial charge in [0.1, 0.15) is 0 Å². The normalized spacial score (nSPS) is 20.0. The molecule has 2 fully saturated rings. The number of hydrogen-bond donors (Lipinski definition) is 2. The third-order valence-electron chi connectivity index (χ3n) is 7.38. The van der Waals surface area contributed by atoms with E-state index in [0.717, 1.165) is 6.42 Å². The van der Waals surface area contributed by atoms with Crippen LogP contribution in [0.3, 0.4) is 0 Å². The largest absolute Gasteiger partial charge is 0.452 e. The molecule has 9 heteroatoms. The molecular formula is C31H29N3O6. The Balaban J connectivity index is 1.16. The fraction of sp³-hybridized carbons (Fsp3) is 0.258. The molecule has 0 unspecified atom stereocenters. The van der Waals surface area contributed by atoms with Gasteiger partial charge in [0.2, 0.25) is 17.7 Å². The molecule has 1 saturated heterocycles. The van der Waals surface area contributed by atoms with Crippen molar-refractivity contribution in [2.75, 3.05) is 22.1 Å². The van der Waals surface area contributed by atoms with Crippen LogP contribution in [0.15, 0.2) is 78.9 Å². The maximum absolute atomic E-state index is 13.3. The topological polar surface area (TPSA) is 122 Å². The lowest BCUT2D eigenvalue weighted by atomic mass is 9.73. The van der Waals surface area contributed by atoms with Crippen molar-refractivity contribution in [2.24, 2.45) is 11.8 Å². The molecule has 2 aliphatic rings. The van der Waals surface area contributed by atoms with Gasteiger partial charge in [-0.05, 0) is 79.3 Å². The molecule has 4 amide bonds. The maximum Gasteiger partial charge on any atom is 0.338 e. The van der Waals surface area contributed by atoms with Gasteiger partial charge in [-0.1, -0.05) is 30.3 Å². The molecule has 1 saturated carbocycles. The third-order valence-corrected chi connectivity index (χ3v) is 7.38. The number of benzene rings is 3. The minimum absolute atomic E-state index is 0.192. The lowest BCUT2D eigenvalue weighted by molar-refractivity contribution is -0.122. The second kappa shape index (κ2) is 11.5. The van der Waals surface area contributed by atoms with Crippen LogP contribution in [-0.2, 0) is 23.9 Å². The Bertz CT molecular complexity index is 1440. The van der Waals surface area contributed by atoms with Crippen molar-refractivity contribution in [3.8, 4) is 0 Å². The summed E-state index contributed by atoms with van der Waals surface area (Å²) in [4.78, 5) is 63.5. The minimum atomic E-state index is -0.707. The number of fused-ring (bicyclic) bond motifs is 1. The van der Waals surface area contributed by atoms with Crippen molar-refractivity contribution >= 4 is 46.7 Å². The summed E-state index contributed by atoms with van der Waals surface area (Å²) in [7, 11) is 0. The Morgan fingerprint density at radius 3 is 2.08 bits per heavy atom. The lowest BCUT2D eigenvalue weighted by Gasteiger charge is -2.28. The average molecular weight is 540 g/mol. The molecule has 0 spiro atoms. The van der Waals surface area contributed by atoms with Crippen LogP contribution in [0.25, 0.3) is 0 Å². The first kappa shape index (κ1) is 26.8. The van der Waals surface area contributed by atoms with E-state index in [4.69, 9.17) is 4.74 Å². The van der Waals surface area contributed by atoms with Gasteiger partial charge in [-0.15, -0.1) is 0 Å². The predicted molar refractivity (Wildman–Crippen MR) is 149 cm³/mol. The zero-order valence-corrected chi connectivity index (χ0v) is 22.0. The van der Waals surface area contributed by atoms with Gasteiger partial charge in [0.15, 0.2) is 6.61 Å². The number of carbonyl (C=O) groups is 5. The van der Waals surface area contributed by atoms with Crippen molar-refractivity contribution < 1.29 is 28.7 Å². The van der Waals surface area contributed by atoms with Crippen LogP contribution in [-0.4, -0.2) is 36.2 Å². The van der Waals surface area contributed by atoms with E-state index in [2.05, 4.69) is 22.8 Å². The standard InChI is InChI=1S/C31H29N3O6/c1-19(35)32-23-10-12-24(13-11-23)33-28(36)18-40-31(39)21-7-14-25(15-8-21)34-29(37)26-16-9-22(17-27(26)30(34)38)20-5-3-2-4-6-20/h2-8,10-15,22,26-27H,9,16-18H2,1H3,(H,32,35)(H,33,36)/t22-,26-,27+/m1/s1. The van der Waals surface area contributed by atoms with E-state index in [0.29, 0.717) is 29.9 Å². The Hall–Kier alpha value is -4.79. The number of rotatable bonds is 7. The molecule has 1 aliphatic heterocycles. The molecule has 0 radical (unpaired) electrons. The second-order valence-electron chi connectivity index (χ2n) is 10.1. The number of esters is 1. The lowest BCUT2D eigenvalue weighted by Crippen LogP contribution is -2.30. The number of nitrogens with zero attached hydrogens (tertiary/aromatic N) is 1. The Labute approximate surface area is 231 Å². The molecule has 0 bridgehead atoms. The Morgan fingerprint density at radius 2 is 1.43 bits per heavy atom. The zero-order chi connectivity index (χ0) is 28.2. The fourth-order valence-electron chi connectivity index (χ4n) is 5.46. The van der Waals surface area contributed by atoms with E-state index in [1.807, 2.05) is 18.2 Å². The second-order valence-corrected chi connectivity index (χ2v) is 10.1. The molecule has 9 nitrogen and oxygen atoms in total. The number of ether oxygens (including phenoxy) is 1. The first-order chi connectivity index (χ1) is 19.3. The van der Waals surface area contributed by atoms with E-state index in [-0.39, 0.29) is 41.0 Å². The van der Waals surface area contributed by atoms with Crippen LogP contribution in [0.1, 0.15) is 48.0 Å². The van der Waals surface area contributed by atoms with Gasteiger partial charge in [-0.2, -0.15) is 0 Å². The van der Waals surface area contributed by atoms with Gasteiger partial charge in [-0.3, -0.25) is 24.1 Å². The van der Waals surface area contributed by atoms with Gasteiger partial charge in [-0.25, -0.2) is 4.79 Å². The molecule has 2 N–H and O–H groups in total. The summed E-state index contributed by atoms with van der Waals surface area (Å²) in [6.45, 7) is 0.902. The number of imide groups is 1. The Morgan fingerprint density at radius 1 is 0.800 bits per heavy atom. The molecular weight excluding hydrogens is 510 g/mol. The summed E-state index contributed by atoms with van der Waals surface area (Å²) < 4.78 is 5.12. The number of carbonyl (C=O) groups excluding carboxylic acids is 5. The predicted octanol–water partition coefficient (Wildman–Crippen LogP) is 4.51. The third kappa shape index (κ3) is 5.78. The summed E-state index contributed by atoms with van der Waals surface area (Å²) in [5, 5.41) is 5.24. The van der Waals surface area contributed by atoms with Crippen molar-refractivity contribution in [3.05, 3.63) is 90.0 Å². The van der Waals surface area contributed by atoms with Crippen molar-refractivity contribution in [2.45, 2.75) is 32.1 Å². The number of amides is 4. The molecule has 3 atom stereocenters. The molecule has 1 aliphatic carbocycles. The van der Waals surface area contributed by atoms with Gasteiger partial charge in [0.05, 0.1) is 23.1 Å². The van der Waals surface area contributed by atoms with Crippen LogP contribution in [0, 0.1) is 11.8 Å². The average Bonchev–Trinajstić information content (AvgIpc) is 3.22. The highest BCUT2D eigenvalue weighted by Gasteiger charge is 2.50. The Kier molecular flexibility index (Phi) is 7.72. The molecule has 204 valence electrons. The van der Waals surface area contributed by atoms with Crippen LogP contribution in [0.5, 0.6) is 0 Å². The minimum Gasteiger partial charge on any atom is -0.452 e. The van der Waals surface area contributed by atoms with Gasteiger partial charge >= 0.3 is 5.97 Å².